The summed E-state index contributed by atoms with van der Waals surface area (Å²) in [5, 5.41) is 13.9. The minimum atomic E-state index is -1.07. The Bertz CT molecular complexity index is 1140. The second-order valence-electron chi connectivity index (χ2n) is 6.73. The molecule has 8 nitrogen and oxygen atoms in total. The lowest BCUT2D eigenvalue weighted by molar-refractivity contribution is 0.0686. The fraction of sp³-hybridized carbons (Fsp3) is 0.190. The minimum absolute atomic E-state index is 0.0798. The van der Waals surface area contributed by atoms with Gasteiger partial charge in [0.1, 0.15) is 0 Å². The number of carbonyl (C=O) groups is 2. The normalized spacial score (nSPS) is 12.1. The summed E-state index contributed by atoms with van der Waals surface area (Å²) in [5.74, 6) is -0.0905. The average molecular weight is 393 g/mol. The van der Waals surface area contributed by atoms with E-state index in [1.54, 1.807) is 63.4 Å². The molecule has 0 unspecified atom stereocenters. The lowest BCUT2D eigenvalue weighted by Gasteiger charge is -2.18. The van der Waals surface area contributed by atoms with Gasteiger partial charge in [0.25, 0.3) is 5.91 Å². The molecule has 29 heavy (non-hydrogen) atoms. The molecule has 2 aromatic carbocycles. The van der Waals surface area contributed by atoms with E-state index in [-0.39, 0.29) is 18.4 Å². The molecule has 0 saturated carbocycles. The molecule has 4 rings (SSSR count). The molecule has 3 aromatic rings. The van der Waals surface area contributed by atoms with Crippen molar-refractivity contribution in [3.05, 3.63) is 65.0 Å². The van der Waals surface area contributed by atoms with Crippen molar-refractivity contribution >= 4 is 17.6 Å². The molecule has 148 valence electrons. The molecule has 0 saturated heterocycles. The van der Waals surface area contributed by atoms with Gasteiger partial charge in [-0.2, -0.15) is 5.10 Å². The number of carboxylic acid groups (broad SMARTS) is 1. The van der Waals surface area contributed by atoms with Crippen molar-refractivity contribution in [2.75, 3.05) is 18.7 Å². The van der Waals surface area contributed by atoms with Crippen LogP contribution in [0.1, 0.15) is 32.1 Å². The Morgan fingerprint density at radius 3 is 2.62 bits per heavy atom. The Balaban J connectivity index is 1.68. The number of aryl methyl sites for hydroxylation is 1. The Kier molecular flexibility index (Phi) is 4.46. The molecule has 0 fully saturated rings. The van der Waals surface area contributed by atoms with Crippen molar-refractivity contribution < 1.29 is 24.2 Å². The maximum absolute atomic E-state index is 13.0. The van der Waals surface area contributed by atoms with E-state index < -0.39 is 5.97 Å². The number of aromatic carboxylic acids is 1. The van der Waals surface area contributed by atoms with Gasteiger partial charge in [0, 0.05) is 29.9 Å². The third-order valence-electron chi connectivity index (χ3n) is 4.95. The number of carbonyl (C=O) groups excluding carboxylic acids is 1. The first-order chi connectivity index (χ1) is 13.9. The van der Waals surface area contributed by atoms with Gasteiger partial charge in [-0.05, 0) is 44.2 Å². The summed E-state index contributed by atoms with van der Waals surface area (Å²) in [6, 6.07) is 12.0. The highest BCUT2D eigenvalue weighted by molar-refractivity contribution is 6.06. The number of anilines is 1. The van der Waals surface area contributed by atoms with E-state index >= 15 is 0 Å². The highest BCUT2D eigenvalue weighted by Crippen LogP contribution is 2.35. The Hall–Kier alpha value is -3.81. The van der Waals surface area contributed by atoms with Crippen molar-refractivity contribution in [2.24, 2.45) is 0 Å². The quantitative estimate of drug-likeness (QED) is 0.732. The second-order valence-corrected chi connectivity index (χ2v) is 6.73. The van der Waals surface area contributed by atoms with Crippen LogP contribution in [-0.2, 0) is 0 Å². The molecule has 0 spiro atoms. The summed E-state index contributed by atoms with van der Waals surface area (Å²) in [7, 11) is 1.66. The SMILES string of the molecule is Cc1nn(-c2cccc(C(=O)N(C)c3ccc4c(c3)OCO4)c2)c(C(=O)O)c1C. The van der Waals surface area contributed by atoms with Gasteiger partial charge in [-0.1, -0.05) is 6.07 Å². The topological polar surface area (TPSA) is 93.9 Å². The largest absolute Gasteiger partial charge is 0.477 e. The number of nitrogens with zero attached hydrogens (tertiary/aromatic N) is 3. The molecule has 8 heteroatoms. The van der Waals surface area contributed by atoms with E-state index in [0.29, 0.717) is 39.7 Å². The number of carboxylic acids is 1. The summed E-state index contributed by atoms with van der Waals surface area (Å²) in [4.78, 5) is 26.2. The predicted octanol–water partition coefficient (Wildman–Crippen LogP) is 3.19. The lowest BCUT2D eigenvalue weighted by Crippen LogP contribution is -2.26. The minimum Gasteiger partial charge on any atom is -0.477 e. The number of fused-ring (bicyclic) bond motifs is 1. The van der Waals surface area contributed by atoms with Crippen molar-refractivity contribution in [1.29, 1.82) is 0 Å². The van der Waals surface area contributed by atoms with Gasteiger partial charge in [-0.3, -0.25) is 4.79 Å². The molecular weight excluding hydrogens is 374 g/mol. The number of hydrogen-bond acceptors (Lipinski definition) is 5. The number of benzene rings is 2. The molecule has 0 radical (unpaired) electrons. The number of amides is 1. The monoisotopic (exact) mass is 393 g/mol. The number of rotatable bonds is 4. The van der Waals surface area contributed by atoms with Crippen LogP contribution in [0.4, 0.5) is 5.69 Å². The van der Waals surface area contributed by atoms with E-state index in [2.05, 4.69) is 5.10 Å². The molecule has 0 bridgehead atoms. The van der Waals surface area contributed by atoms with Crippen molar-refractivity contribution in [3.8, 4) is 17.2 Å². The van der Waals surface area contributed by atoms with E-state index in [1.165, 1.54) is 9.58 Å². The van der Waals surface area contributed by atoms with Gasteiger partial charge < -0.3 is 19.5 Å². The van der Waals surface area contributed by atoms with Crippen LogP contribution in [-0.4, -0.2) is 40.6 Å². The molecular formula is C21H19N3O5. The van der Waals surface area contributed by atoms with E-state index in [1.807, 2.05) is 0 Å². The summed E-state index contributed by atoms with van der Waals surface area (Å²) >= 11 is 0. The van der Waals surface area contributed by atoms with Crippen LogP contribution in [0.15, 0.2) is 42.5 Å². The van der Waals surface area contributed by atoms with Crippen LogP contribution in [0.2, 0.25) is 0 Å². The zero-order valence-corrected chi connectivity index (χ0v) is 16.2. The lowest BCUT2D eigenvalue weighted by atomic mass is 10.1. The predicted molar refractivity (Wildman–Crippen MR) is 105 cm³/mol. The zero-order valence-electron chi connectivity index (χ0n) is 16.2. The van der Waals surface area contributed by atoms with Crippen molar-refractivity contribution in [2.45, 2.75) is 13.8 Å². The van der Waals surface area contributed by atoms with Gasteiger partial charge in [-0.15, -0.1) is 0 Å². The van der Waals surface area contributed by atoms with E-state index in [0.717, 1.165) is 0 Å². The summed E-state index contributed by atoms with van der Waals surface area (Å²) in [6.07, 6.45) is 0. The molecule has 1 aliphatic rings. The molecule has 0 atom stereocenters. The fourth-order valence-electron chi connectivity index (χ4n) is 3.22. The van der Waals surface area contributed by atoms with Gasteiger partial charge in [-0.25, -0.2) is 9.48 Å². The van der Waals surface area contributed by atoms with Crippen LogP contribution in [0.25, 0.3) is 5.69 Å². The van der Waals surface area contributed by atoms with Crippen molar-refractivity contribution in [1.82, 2.24) is 9.78 Å². The van der Waals surface area contributed by atoms with Gasteiger partial charge in [0.05, 0.1) is 11.4 Å². The molecule has 0 aliphatic carbocycles. The van der Waals surface area contributed by atoms with Crippen LogP contribution in [0, 0.1) is 13.8 Å². The maximum atomic E-state index is 13.0. The van der Waals surface area contributed by atoms with Gasteiger partial charge in [0.2, 0.25) is 6.79 Å². The third-order valence-corrected chi connectivity index (χ3v) is 4.95. The highest BCUT2D eigenvalue weighted by Gasteiger charge is 2.22. The number of aromatic nitrogens is 2. The fourth-order valence-corrected chi connectivity index (χ4v) is 3.22. The van der Waals surface area contributed by atoms with Crippen LogP contribution < -0.4 is 14.4 Å². The standard InChI is InChI=1S/C21H19N3O5/c1-12-13(2)22-24(19(12)21(26)27)16-6-4-5-14(9-16)20(25)23(3)15-7-8-17-18(10-15)29-11-28-17/h4-10H,11H2,1-3H3,(H,26,27). The first-order valence-electron chi connectivity index (χ1n) is 8.94. The average Bonchev–Trinajstić information content (AvgIpc) is 3.30. The molecule has 2 heterocycles. The first kappa shape index (κ1) is 18.5. The molecule has 1 aromatic heterocycles. The van der Waals surface area contributed by atoms with E-state index in [9.17, 15) is 14.7 Å². The Labute approximate surface area is 166 Å². The number of ether oxygens (including phenoxy) is 2. The zero-order chi connectivity index (χ0) is 20.7. The van der Waals surface area contributed by atoms with Crippen LogP contribution >= 0.6 is 0 Å². The second kappa shape index (κ2) is 6.97. The summed E-state index contributed by atoms with van der Waals surface area (Å²) < 4.78 is 12.0. The van der Waals surface area contributed by atoms with Crippen LogP contribution in [0.3, 0.4) is 0 Å². The molecule has 1 N–H and O–H groups in total. The van der Waals surface area contributed by atoms with E-state index in [4.69, 9.17) is 9.47 Å². The smallest absolute Gasteiger partial charge is 0.354 e. The van der Waals surface area contributed by atoms with Gasteiger partial charge in [0.15, 0.2) is 17.2 Å². The highest BCUT2D eigenvalue weighted by atomic mass is 16.7. The number of hydrogen-bond donors (Lipinski definition) is 1. The molecule has 1 amide bonds. The Morgan fingerprint density at radius 1 is 1.10 bits per heavy atom. The Morgan fingerprint density at radius 2 is 1.86 bits per heavy atom. The first-order valence-corrected chi connectivity index (χ1v) is 8.94. The van der Waals surface area contributed by atoms with Crippen LogP contribution in [0.5, 0.6) is 11.5 Å². The van der Waals surface area contributed by atoms with Gasteiger partial charge >= 0.3 is 5.97 Å². The molecule has 1 aliphatic heterocycles. The third kappa shape index (κ3) is 3.18. The summed E-state index contributed by atoms with van der Waals surface area (Å²) in [5.41, 5.74) is 2.86. The summed E-state index contributed by atoms with van der Waals surface area (Å²) in [6.45, 7) is 3.62. The maximum Gasteiger partial charge on any atom is 0.354 e. The van der Waals surface area contributed by atoms with Crippen molar-refractivity contribution in [3.63, 3.8) is 0 Å².